The molecule has 0 radical (unpaired) electrons. The summed E-state index contributed by atoms with van der Waals surface area (Å²) in [4.78, 5) is 4.70. The predicted molar refractivity (Wildman–Crippen MR) is 87.7 cm³/mol. The normalized spacial score (nSPS) is 11.2. The fourth-order valence-electron chi connectivity index (χ4n) is 2.37. The van der Waals surface area contributed by atoms with Crippen molar-refractivity contribution in [3.05, 3.63) is 58.5 Å². The molecule has 0 aliphatic carbocycles. The first-order valence-electron chi connectivity index (χ1n) is 6.40. The molecular formula is C16H14BrClN2. The van der Waals surface area contributed by atoms with Crippen LogP contribution in [-0.4, -0.2) is 9.38 Å². The average molecular weight is 350 g/mol. The lowest BCUT2D eigenvalue weighted by Gasteiger charge is -2.08. The van der Waals surface area contributed by atoms with Gasteiger partial charge in [0.25, 0.3) is 0 Å². The van der Waals surface area contributed by atoms with Gasteiger partial charge in [0, 0.05) is 27.8 Å². The van der Waals surface area contributed by atoms with E-state index in [1.54, 1.807) is 0 Å². The highest BCUT2D eigenvalue weighted by atomic mass is 79.9. The van der Waals surface area contributed by atoms with Gasteiger partial charge < -0.3 is 4.40 Å². The lowest BCUT2D eigenvalue weighted by Crippen LogP contribution is -1.94. The van der Waals surface area contributed by atoms with Crippen molar-refractivity contribution < 1.29 is 0 Å². The van der Waals surface area contributed by atoms with E-state index in [1.807, 2.05) is 25.1 Å². The quantitative estimate of drug-likeness (QED) is 0.584. The Morgan fingerprint density at radius 2 is 2.05 bits per heavy atom. The van der Waals surface area contributed by atoms with Gasteiger partial charge in [-0.25, -0.2) is 4.98 Å². The molecule has 1 aromatic carbocycles. The highest BCUT2D eigenvalue weighted by Gasteiger charge is 2.12. The predicted octanol–water partition coefficient (Wildman–Crippen LogP) is 5.17. The summed E-state index contributed by atoms with van der Waals surface area (Å²) in [5, 5.41) is 1.55. The number of benzene rings is 1. The number of fused-ring (bicyclic) bond motifs is 1. The van der Waals surface area contributed by atoms with Crippen LogP contribution in [0.2, 0.25) is 5.02 Å². The maximum absolute atomic E-state index is 6.12. The van der Waals surface area contributed by atoms with Crippen LogP contribution >= 0.6 is 27.5 Å². The minimum absolute atomic E-state index is 0.741. The topological polar surface area (TPSA) is 17.3 Å². The Hall–Kier alpha value is -1.32. The second-order valence-corrected chi connectivity index (χ2v) is 5.88. The maximum atomic E-state index is 6.12. The van der Waals surface area contributed by atoms with Crippen LogP contribution in [0.1, 0.15) is 17.0 Å². The minimum Gasteiger partial charge on any atom is -0.303 e. The highest BCUT2D eigenvalue weighted by molar-refractivity contribution is 9.08. The second-order valence-electron chi connectivity index (χ2n) is 4.88. The smallest absolute Gasteiger partial charge is 0.145 e. The summed E-state index contributed by atoms with van der Waals surface area (Å²) in [6.07, 6.45) is 2.13. The largest absolute Gasteiger partial charge is 0.303 e. The van der Waals surface area contributed by atoms with E-state index in [0.717, 1.165) is 32.8 Å². The minimum atomic E-state index is 0.741. The van der Waals surface area contributed by atoms with E-state index in [4.69, 9.17) is 16.6 Å². The molecule has 0 spiro atoms. The molecular weight excluding hydrogens is 336 g/mol. The Bertz CT molecular complexity index is 793. The fourth-order valence-corrected chi connectivity index (χ4v) is 2.87. The summed E-state index contributed by atoms with van der Waals surface area (Å²) in [7, 11) is 0. The highest BCUT2D eigenvalue weighted by Crippen LogP contribution is 2.29. The van der Waals surface area contributed by atoms with E-state index in [2.05, 4.69) is 45.6 Å². The van der Waals surface area contributed by atoms with Gasteiger partial charge in [-0.15, -0.1) is 0 Å². The van der Waals surface area contributed by atoms with E-state index in [1.165, 1.54) is 11.3 Å². The zero-order chi connectivity index (χ0) is 14.3. The van der Waals surface area contributed by atoms with E-state index in [0.29, 0.717) is 0 Å². The SMILES string of the molecule is Cc1nc2c(-c3cccc(Cl)c3)cc(CBr)cn2c1C. The van der Waals surface area contributed by atoms with Crippen molar-refractivity contribution >= 4 is 33.2 Å². The standard InChI is InChI=1S/C16H14BrClN2/c1-10-11(2)20-9-12(8-17)6-15(16(20)19-10)13-4-3-5-14(18)7-13/h3-7,9H,8H2,1-2H3. The molecule has 0 amide bonds. The number of aromatic nitrogens is 2. The Labute approximate surface area is 131 Å². The molecule has 0 N–H and O–H groups in total. The summed E-state index contributed by atoms with van der Waals surface area (Å²) in [6, 6.07) is 10.1. The van der Waals surface area contributed by atoms with E-state index in [-0.39, 0.29) is 0 Å². The Morgan fingerprint density at radius 3 is 2.75 bits per heavy atom. The van der Waals surface area contributed by atoms with Crippen LogP contribution in [0.5, 0.6) is 0 Å². The molecule has 2 nitrogen and oxygen atoms in total. The Kier molecular flexibility index (Phi) is 3.57. The summed E-state index contributed by atoms with van der Waals surface area (Å²) < 4.78 is 2.15. The van der Waals surface area contributed by atoms with Crippen LogP contribution in [-0.2, 0) is 5.33 Å². The summed E-state index contributed by atoms with van der Waals surface area (Å²) in [5.74, 6) is 0. The Balaban J connectivity index is 2.36. The molecule has 0 atom stereocenters. The molecule has 0 unspecified atom stereocenters. The van der Waals surface area contributed by atoms with Crippen LogP contribution < -0.4 is 0 Å². The van der Waals surface area contributed by atoms with Crippen LogP contribution in [0, 0.1) is 13.8 Å². The van der Waals surface area contributed by atoms with Crippen molar-refractivity contribution in [3.63, 3.8) is 0 Å². The lowest BCUT2D eigenvalue weighted by molar-refractivity contribution is 1.08. The van der Waals surface area contributed by atoms with E-state index < -0.39 is 0 Å². The van der Waals surface area contributed by atoms with Crippen LogP contribution in [0.3, 0.4) is 0 Å². The van der Waals surface area contributed by atoms with Gasteiger partial charge in [-0.3, -0.25) is 0 Å². The lowest BCUT2D eigenvalue weighted by atomic mass is 10.1. The molecule has 3 aromatic rings. The van der Waals surface area contributed by atoms with Gasteiger partial charge in [0.2, 0.25) is 0 Å². The first-order chi connectivity index (χ1) is 9.60. The number of imidazole rings is 1. The number of hydrogen-bond donors (Lipinski definition) is 0. The van der Waals surface area contributed by atoms with Crippen molar-refractivity contribution in [2.75, 3.05) is 0 Å². The summed E-state index contributed by atoms with van der Waals surface area (Å²) in [6.45, 7) is 4.13. The van der Waals surface area contributed by atoms with Crippen LogP contribution in [0.4, 0.5) is 0 Å². The second kappa shape index (κ2) is 5.23. The molecule has 3 rings (SSSR count). The van der Waals surface area contributed by atoms with Crippen molar-refractivity contribution in [3.8, 4) is 11.1 Å². The number of halogens is 2. The molecule has 2 aromatic heterocycles. The number of nitrogens with zero attached hydrogens (tertiary/aromatic N) is 2. The van der Waals surface area contributed by atoms with Crippen LogP contribution in [0.25, 0.3) is 16.8 Å². The third-order valence-corrected chi connectivity index (χ3v) is 4.42. The van der Waals surface area contributed by atoms with Gasteiger partial charge >= 0.3 is 0 Å². The number of pyridine rings is 1. The zero-order valence-electron chi connectivity index (χ0n) is 11.3. The van der Waals surface area contributed by atoms with Crippen LogP contribution in [0.15, 0.2) is 36.5 Å². The monoisotopic (exact) mass is 348 g/mol. The molecule has 20 heavy (non-hydrogen) atoms. The molecule has 0 saturated carbocycles. The van der Waals surface area contributed by atoms with Gasteiger partial charge in [-0.2, -0.15) is 0 Å². The molecule has 0 saturated heterocycles. The Morgan fingerprint density at radius 1 is 1.25 bits per heavy atom. The van der Waals surface area contributed by atoms with E-state index in [9.17, 15) is 0 Å². The van der Waals surface area contributed by atoms with Crippen molar-refractivity contribution in [1.29, 1.82) is 0 Å². The maximum Gasteiger partial charge on any atom is 0.145 e. The third-order valence-electron chi connectivity index (χ3n) is 3.54. The summed E-state index contributed by atoms with van der Waals surface area (Å²) in [5.41, 5.74) is 6.63. The molecule has 0 bridgehead atoms. The molecule has 0 aliphatic rings. The third kappa shape index (κ3) is 2.25. The summed E-state index contributed by atoms with van der Waals surface area (Å²) >= 11 is 9.66. The molecule has 0 aliphatic heterocycles. The fraction of sp³-hybridized carbons (Fsp3) is 0.188. The first kappa shape index (κ1) is 13.7. The first-order valence-corrected chi connectivity index (χ1v) is 7.90. The molecule has 102 valence electrons. The molecule has 4 heteroatoms. The molecule has 2 heterocycles. The van der Waals surface area contributed by atoms with Gasteiger partial charge in [0.15, 0.2) is 0 Å². The number of aryl methyl sites for hydroxylation is 2. The van der Waals surface area contributed by atoms with Gasteiger partial charge in [-0.1, -0.05) is 39.7 Å². The number of rotatable bonds is 2. The van der Waals surface area contributed by atoms with Gasteiger partial charge in [-0.05, 0) is 43.2 Å². The number of hydrogen-bond acceptors (Lipinski definition) is 1. The van der Waals surface area contributed by atoms with Crippen molar-refractivity contribution in [2.45, 2.75) is 19.2 Å². The zero-order valence-corrected chi connectivity index (χ0v) is 13.7. The number of alkyl halides is 1. The van der Waals surface area contributed by atoms with Crippen molar-refractivity contribution in [1.82, 2.24) is 9.38 Å². The van der Waals surface area contributed by atoms with Gasteiger partial charge in [0.1, 0.15) is 5.65 Å². The van der Waals surface area contributed by atoms with E-state index >= 15 is 0 Å². The van der Waals surface area contributed by atoms with Gasteiger partial charge in [0.05, 0.1) is 5.69 Å². The molecule has 0 fully saturated rings. The van der Waals surface area contributed by atoms with Crippen molar-refractivity contribution in [2.24, 2.45) is 0 Å². The average Bonchev–Trinajstić information content (AvgIpc) is 2.73.